The van der Waals surface area contributed by atoms with E-state index in [1.54, 1.807) is 0 Å². The van der Waals surface area contributed by atoms with Crippen molar-refractivity contribution in [1.82, 2.24) is 0 Å². The van der Waals surface area contributed by atoms with E-state index in [1.165, 1.54) is 26.2 Å². The quantitative estimate of drug-likeness (QED) is 0.462. The van der Waals surface area contributed by atoms with Crippen LogP contribution in [-0.4, -0.2) is 12.6 Å². The Balaban J connectivity index is 1.95. The minimum absolute atomic E-state index is 0.159. The summed E-state index contributed by atoms with van der Waals surface area (Å²) in [6.07, 6.45) is 8.18. The van der Waals surface area contributed by atoms with E-state index in [4.69, 9.17) is 4.74 Å². The normalized spacial score (nSPS) is 37.2. The maximum atomic E-state index is 10.6. The number of allylic oxidation sites excluding steroid dienone is 1. The van der Waals surface area contributed by atoms with E-state index in [1.807, 2.05) is 0 Å². The first-order valence-electron chi connectivity index (χ1n) is 4.53. The molecule has 0 aromatic heterocycles. The molecule has 0 aromatic carbocycles. The predicted molar refractivity (Wildman–Crippen MR) is 45.5 cm³/mol. The van der Waals surface area contributed by atoms with Crippen LogP contribution in [0.1, 0.15) is 26.2 Å². The number of carbonyl (C=O) groups excluding carboxylic acids is 1. The highest BCUT2D eigenvalue weighted by Gasteiger charge is 2.41. The van der Waals surface area contributed by atoms with Gasteiger partial charge in [-0.1, -0.05) is 12.2 Å². The minimum atomic E-state index is -0.159. The van der Waals surface area contributed by atoms with Crippen molar-refractivity contribution >= 4 is 5.97 Å². The van der Waals surface area contributed by atoms with E-state index < -0.39 is 0 Å². The van der Waals surface area contributed by atoms with Crippen molar-refractivity contribution in [2.75, 3.05) is 6.61 Å². The molecule has 1 fully saturated rings. The maximum Gasteiger partial charge on any atom is 0.302 e. The van der Waals surface area contributed by atoms with Gasteiger partial charge in [0, 0.05) is 12.3 Å². The summed E-state index contributed by atoms with van der Waals surface area (Å²) in [5, 5.41) is 0. The number of rotatable bonds is 2. The summed E-state index contributed by atoms with van der Waals surface area (Å²) in [6, 6.07) is 0. The molecule has 2 aliphatic carbocycles. The molecule has 2 rings (SSSR count). The lowest BCUT2D eigenvalue weighted by Gasteiger charge is -2.22. The summed E-state index contributed by atoms with van der Waals surface area (Å²) >= 11 is 0. The lowest BCUT2D eigenvalue weighted by Crippen LogP contribution is -2.21. The zero-order valence-corrected chi connectivity index (χ0v) is 7.38. The van der Waals surface area contributed by atoms with Crippen LogP contribution in [0.15, 0.2) is 12.2 Å². The summed E-state index contributed by atoms with van der Waals surface area (Å²) in [4.78, 5) is 10.6. The molecule has 12 heavy (non-hydrogen) atoms. The summed E-state index contributed by atoms with van der Waals surface area (Å²) in [5.74, 6) is 0.605. The van der Waals surface area contributed by atoms with E-state index in [-0.39, 0.29) is 11.4 Å². The van der Waals surface area contributed by atoms with Gasteiger partial charge in [-0.2, -0.15) is 0 Å². The average Bonchev–Trinajstić information content (AvgIpc) is 2.60. The number of hydrogen-bond donors (Lipinski definition) is 0. The number of fused-ring (bicyclic) bond motifs is 2. The Labute approximate surface area is 72.6 Å². The van der Waals surface area contributed by atoms with Crippen LogP contribution in [0.25, 0.3) is 0 Å². The van der Waals surface area contributed by atoms with Gasteiger partial charge in [0.05, 0.1) is 0 Å². The summed E-state index contributed by atoms with van der Waals surface area (Å²) in [5.41, 5.74) is 0.219. The third-order valence-corrected chi connectivity index (χ3v) is 2.97. The molecule has 2 bridgehead atoms. The lowest BCUT2D eigenvalue weighted by atomic mass is 9.89. The van der Waals surface area contributed by atoms with Crippen molar-refractivity contribution in [3.63, 3.8) is 0 Å². The van der Waals surface area contributed by atoms with Crippen LogP contribution in [-0.2, 0) is 9.53 Å². The molecule has 2 atom stereocenters. The fraction of sp³-hybridized carbons (Fsp3) is 0.700. The Morgan fingerprint density at radius 1 is 1.75 bits per heavy atom. The molecule has 1 saturated carbocycles. The molecule has 0 radical (unpaired) electrons. The monoisotopic (exact) mass is 166 g/mol. The second-order valence-corrected chi connectivity index (χ2v) is 4.00. The molecule has 2 aliphatic rings. The summed E-state index contributed by atoms with van der Waals surface area (Å²) < 4.78 is 5.06. The van der Waals surface area contributed by atoms with E-state index in [2.05, 4.69) is 12.2 Å². The largest absolute Gasteiger partial charge is 0.465 e. The molecule has 0 heterocycles. The first-order valence-corrected chi connectivity index (χ1v) is 4.53. The molecule has 0 aliphatic heterocycles. The Kier molecular flexibility index (Phi) is 1.71. The second kappa shape index (κ2) is 2.61. The first-order chi connectivity index (χ1) is 5.70. The topological polar surface area (TPSA) is 26.3 Å². The fourth-order valence-corrected chi connectivity index (χ4v) is 2.28. The zero-order valence-electron chi connectivity index (χ0n) is 7.38. The molecule has 2 unspecified atom stereocenters. The van der Waals surface area contributed by atoms with Crippen LogP contribution in [0.2, 0.25) is 0 Å². The van der Waals surface area contributed by atoms with Gasteiger partial charge in [0.1, 0.15) is 6.61 Å². The summed E-state index contributed by atoms with van der Waals surface area (Å²) in [6.45, 7) is 2.07. The highest BCUT2D eigenvalue weighted by Crippen LogP contribution is 2.49. The van der Waals surface area contributed by atoms with Crippen LogP contribution in [0.4, 0.5) is 0 Å². The molecule has 2 nitrogen and oxygen atoms in total. The highest BCUT2D eigenvalue weighted by atomic mass is 16.5. The van der Waals surface area contributed by atoms with Gasteiger partial charge in [-0.25, -0.2) is 0 Å². The molecule has 0 aromatic rings. The standard InChI is InChI=1S/C10H14O2/c1-8(11)12-7-10-4-2-9(6-10)3-5-10/h2,4,9H,3,5-7H2,1H3. The van der Waals surface area contributed by atoms with Crippen molar-refractivity contribution < 1.29 is 9.53 Å². The molecular weight excluding hydrogens is 152 g/mol. The zero-order chi connectivity index (χ0) is 8.60. The number of hydrogen-bond acceptors (Lipinski definition) is 2. The molecule has 66 valence electrons. The Morgan fingerprint density at radius 3 is 3.00 bits per heavy atom. The van der Waals surface area contributed by atoms with E-state index >= 15 is 0 Å². The average molecular weight is 166 g/mol. The van der Waals surface area contributed by atoms with Crippen molar-refractivity contribution in [3.05, 3.63) is 12.2 Å². The SMILES string of the molecule is CC(=O)OCC12C=CC(CC1)C2. The van der Waals surface area contributed by atoms with Crippen molar-refractivity contribution in [1.29, 1.82) is 0 Å². The van der Waals surface area contributed by atoms with Gasteiger partial charge in [-0.3, -0.25) is 4.79 Å². The molecule has 2 heteroatoms. The molecule has 0 spiro atoms. The van der Waals surface area contributed by atoms with Crippen molar-refractivity contribution in [3.8, 4) is 0 Å². The Bertz CT molecular complexity index is 232. The fourth-order valence-electron chi connectivity index (χ4n) is 2.28. The third kappa shape index (κ3) is 1.26. The van der Waals surface area contributed by atoms with Crippen LogP contribution < -0.4 is 0 Å². The highest BCUT2D eigenvalue weighted by molar-refractivity contribution is 5.66. The lowest BCUT2D eigenvalue weighted by molar-refractivity contribution is -0.143. The van der Waals surface area contributed by atoms with Crippen LogP contribution in [0, 0.1) is 11.3 Å². The van der Waals surface area contributed by atoms with Gasteiger partial charge in [-0.05, 0) is 25.2 Å². The van der Waals surface area contributed by atoms with E-state index in [9.17, 15) is 4.79 Å². The van der Waals surface area contributed by atoms with E-state index in [0.717, 1.165) is 5.92 Å². The second-order valence-electron chi connectivity index (χ2n) is 4.00. The molecule has 0 amide bonds. The minimum Gasteiger partial charge on any atom is -0.465 e. The van der Waals surface area contributed by atoms with Gasteiger partial charge < -0.3 is 4.74 Å². The van der Waals surface area contributed by atoms with Crippen LogP contribution in [0.3, 0.4) is 0 Å². The summed E-state index contributed by atoms with van der Waals surface area (Å²) in [7, 11) is 0. The maximum absolute atomic E-state index is 10.6. The van der Waals surface area contributed by atoms with Gasteiger partial charge >= 0.3 is 5.97 Å². The van der Waals surface area contributed by atoms with Gasteiger partial charge in [0.2, 0.25) is 0 Å². The number of ether oxygens (including phenoxy) is 1. The van der Waals surface area contributed by atoms with Crippen LogP contribution >= 0.6 is 0 Å². The molecule has 0 N–H and O–H groups in total. The van der Waals surface area contributed by atoms with Gasteiger partial charge in [0.25, 0.3) is 0 Å². The number of carbonyl (C=O) groups is 1. The van der Waals surface area contributed by atoms with Crippen LogP contribution in [0.5, 0.6) is 0 Å². The van der Waals surface area contributed by atoms with Gasteiger partial charge in [-0.15, -0.1) is 0 Å². The Hall–Kier alpha value is -0.790. The third-order valence-electron chi connectivity index (χ3n) is 2.97. The smallest absolute Gasteiger partial charge is 0.302 e. The Morgan fingerprint density at radius 2 is 2.58 bits per heavy atom. The number of esters is 1. The van der Waals surface area contributed by atoms with Crippen molar-refractivity contribution in [2.24, 2.45) is 11.3 Å². The first kappa shape index (κ1) is 7.84. The predicted octanol–water partition coefficient (Wildman–Crippen LogP) is 1.91. The van der Waals surface area contributed by atoms with Gasteiger partial charge in [0.15, 0.2) is 0 Å². The molecule has 0 saturated heterocycles. The van der Waals surface area contributed by atoms with Crippen molar-refractivity contribution in [2.45, 2.75) is 26.2 Å². The molecular formula is C10H14O2. The van der Waals surface area contributed by atoms with E-state index in [0.29, 0.717) is 6.61 Å².